The zero-order valence-electron chi connectivity index (χ0n) is 21.3. The Balaban J connectivity index is 1.57. The van der Waals surface area contributed by atoms with Gasteiger partial charge in [-0.3, -0.25) is 0 Å². The van der Waals surface area contributed by atoms with Crippen molar-refractivity contribution >= 4 is 26.7 Å². The number of piperazine rings is 1. The molecule has 2 aromatic heterocycles. The summed E-state index contributed by atoms with van der Waals surface area (Å²) in [5, 5.41) is 14.4. The van der Waals surface area contributed by atoms with Crippen LogP contribution in [0.15, 0.2) is 48.7 Å². The lowest BCUT2D eigenvalue weighted by Gasteiger charge is -2.41. The molecule has 0 aliphatic carbocycles. The van der Waals surface area contributed by atoms with Gasteiger partial charge in [-0.2, -0.15) is 22.6 Å². The fourth-order valence-corrected chi connectivity index (χ4v) is 5.81. The van der Waals surface area contributed by atoms with Crippen LogP contribution in [0.5, 0.6) is 5.75 Å². The Bertz CT molecular complexity index is 1690. The predicted molar refractivity (Wildman–Crippen MR) is 138 cm³/mol. The van der Waals surface area contributed by atoms with Crippen LogP contribution in [-0.4, -0.2) is 64.5 Å². The lowest BCUT2D eigenvalue weighted by Crippen LogP contribution is -2.55. The maximum absolute atomic E-state index is 14.8. The molecule has 1 saturated heterocycles. The summed E-state index contributed by atoms with van der Waals surface area (Å²) in [4.78, 5) is 6.42. The molecule has 0 unspecified atom stereocenters. The van der Waals surface area contributed by atoms with E-state index in [9.17, 15) is 35.5 Å². The SMILES string of the molecule is Cc1nn(-c2cc(C(F)(F)F)c(F)c(O)c2F)c2cnc(N3CCN(S(C)(=O)=O)C[C@H]3Cc3ccccc3)cc12. The number of alkyl halides is 3. The lowest BCUT2D eigenvalue weighted by atomic mass is 10.0. The van der Waals surface area contributed by atoms with Gasteiger partial charge in [-0.1, -0.05) is 30.3 Å². The molecule has 212 valence electrons. The second-order valence-electron chi connectivity index (χ2n) is 9.63. The van der Waals surface area contributed by atoms with Crippen molar-refractivity contribution in [2.24, 2.45) is 0 Å². The summed E-state index contributed by atoms with van der Waals surface area (Å²) < 4.78 is 95.7. The fourth-order valence-electron chi connectivity index (χ4n) is 4.95. The highest BCUT2D eigenvalue weighted by Gasteiger charge is 2.38. The molecule has 5 rings (SSSR count). The minimum atomic E-state index is -5.19. The molecule has 40 heavy (non-hydrogen) atoms. The molecule has 0 saturated carbocycles. The van der Waals surface area contributed by atoms with Crippen LogP contribution in [-0.2, 0) is 22.6 Å². The zero-order chi connectivity index (χ0) is 29.0. The van der Waals surface area contributed by atoms with E-state index in [0.717, 1.165) is 16.5 Å². The number of halogens is 5. The van der Waals surface area contributed by atoms with Crippen molar-refractivity contribution in [1.82, 2.24) is 19.1 Å². The van der Waals surface area contributed by atoms with E-state index < -0.39 is 44.8 Å². The second kappa shape index (κ2) is 10.0. The number of nitrogens with zero attached hydrogens (tertiary/aromatic N) is 5. The molecule has 0 bridgehead atoms. The van der Waals surface area contributed by atoms with E-state index in [1.54, 1.807) is 13.0 Å². The van der Waals surface area contributed by atoms with Crippen molar-refractivity contribution < 1.29 is 35.5 Å². The van der Waals surface area contributed by atoms with Gasteiger partial charge in [-0.15, -0.1) is 0 Å². The van der Waals surface area contributed by atoms with Crippen LogP contribution in [0.25, 0.3) is 16.6 Å². The Hall–Kier alpha value is -3.78. The highest BCUT2D eigenvalue weighted by Crippen LogP contribution is 2.39. The zero-order valence-corrected chi connectivity index (χ0v) is 22.1. The van der Waals surface area contributed by atoms with Crippen LogP contribution in [0.4, 0.5) is 27.8 Å². The van der Waals surface area contributed by atoms with Crippen LogP contribution >= 0.6 is 0 Å². The number of rotatable bonds is 5. The maximum Gasteiger partial charge on any atom is 0.419 e. The quantitative estimate of drug-likeness (QED) is 0.351. The van der Waals surface area contributed by atoms with E-state index in [1.807, 2.05) is 35.2 Å². The number of pyridine rings is 1. The first-order valence-corrected chi connectivity index (χ1v) is 14.0. The number of phenolic OH excluding ortho intramolecular Hbond substituents is 1. The van der Waals surface area contributed by atoms with Gasteiger partial charge in [0.1, 0.15) is 11.5 Å². The molecule has 3 heterocycles. The smallest absolute Gasteiger partial charge is 0.419 e. The Morgan fingerprint density at radius 1 is 1.07 bits per heavy atom. The Morgan fingerprint density at radius 3 is 2.42 bits per heavy atom. The van der Waals surface area contributed by atoms with Gasteiger partial charge in [0.05, 0.1) is 29.2 Å². The minimum Gasteiger partial charge on any atom is -0.503 e. The molecule has 4 aromatic rings. The van der Waals surface area contributed by atoms with Gasteiger partial charge < -0.3 is 10.0 Å². The standard InChI is InChI=1S/C26H24F5N5O3S/c1-15-18-11-22(35-9-8-34(40(2,38)39)14-17(35)10-16-6-4-3-5-7-16)32-13-21(18)36(33-15)20-12-19(26(29,30)31)23(27)25(37)24(20)28/h3-7,11-13,17,37H,8-10,14H2,1-2H3/t17-/m1/s1. The number of hydrogen-bond donors (Lipinski definition) is 1. The Labute approximate surface area is 226 Å². The molecule has 0 amide bonds. The van der Waals surface area contributed by atoms with E-state index in [4.69, 9.17) is 0 Å². The summed E-state index contributed by atoms with van der Waals surface area (Å²) >= 11 is 0. The summed E-state index contributed by atoms with van der Waals surface area (Å²) in [5.74, 6) is -5.00. The number of hydrogen-bond acceptors (Lipinski definition) is 6. The van der Waals surface area contributed by atoms with Gasteiger partial charge in [0.2, 0.25) is 10.0 Å². The molecule has 0 radical (unpaired) electrons. The highest BCUT2D eigenvalue weighted by atomic mass is 32.2. The number of fused-ring (bicyclic) bond motifs is 1. The third kappa shape index (κ3) is 5.08. The second-order valence-corrected chi connectivity index (χ2v) is 11.6. The summed E-state index contributed by atoms with van der Waals surface area (Å²) in [6, 6.07) is 11.1. The van der Waals surface area contributed by atoms with Crippen molar-refractivity contribution in [3.05, 3.63) is 77.1 Å². The van der Waals surface area contributed by atoms with Gasteiger partial charge in [-0.25, -0.2) is 26.9 Å². The minimum absolute atomic E-state index is 0.133. The summed E-state index contributed by atoms with van der Waals surface area (Å²) in [6.45, 7) is 2.33. The van der Waals surface area contributed by atoms with E-state index in [-0.39, 0.29) is 30.7 Å². The van der Waals surface area contributed by atoms with Crippen LogP contribution in [0.1, 0.15) is 16.8 Å². The van der Waals surface area contributed by atoms with Gasteiger partial charge in [-0.05, 0) is 31.0 Å². The first-order valence-electron chi connectivity index (χ1n) is 12.1. The molecular weight excluding hydrogens is 557 g/mol. The molecular formula is C26H24F5N5O3S. The highest BCUT2D eigenvalue weighted by molar-refractivity contribution is 7.88. The molecule has 1 atom stereocenters. The number of sulfonamides is 1. The van der Waals surface area contributed by atoms with Crippen LogP contribution in [0.3, 0.4) is 0 Å². The molecule has 8 nitrogen and oxygen atoms in total. The molecule has 2 aromatic carbocycles. The lowest BCUT2D eigenvalue weighted by molar-refractivity contribution is -0.140. The van der Waals surface area contributed by atoms with Crippen molar-refractivity contribution in [2.45, 2.75) is 25.6 Å². The first-order chi connectivity index (χ1) is 18.8. The van der Waals surface area contributed by atoms with Gasteiger partial charge >= 0.3 is 6.18 Å². The number of anilines is 1. The largest absolute Gasteiger partial charge is 0.503 e. The molecule has 1 N–H and O–H groups in total. The fraction of sp³-hybridized carbons (Fsp3) is 0.308. The van der Waals surface area contributed by atoms with Crippen molar-refractivity contribution in [1.29, 1.82) is 0 Å². The first kappa shape index (κ1) is 27.8. The van der Waals surface area contributed by atoms with E-state index in [1.165, 1.54) is 10.5 Å². The molecule has 1 fully saturated rings. The van der Waals surface area contributed by atoms with Crippen molar-refractivity contribution in [2.75, 3.05) is 30.8 Å². The summed E-state index contributed by atoms with van der Waals surface area (Å²) in [6.07, 6.45) is -2.21. The third-order valence-corrected chi connectivity index (χ3v) is 8.22. The van der Waals surface area contributed by atoms with Crippen molar-refractivity contribution in [3.63, 3.8) is 0 Å². The van der Waals surface area contributed by atoms with Gasteiger partial charge in [0.25, 0.3) is 0 Å². The van der Waals surface area contributed by atoms with E-state index in [0.29, 0.717) is 29.9 Å². The number of aromatic hydroxyl groups is 1. The predicted octanol–water partition coefficient (Wildman–Crippen LogP) is 4.42. The molecule has 1 aliphatic rings. The number of aryl methyl sites for hydroxylation is 1. The molecule has 0 spiro atoms. The van der Waals surface area contributed by atoms with Gasteiger partial charge in [0, 0.05) is 31.1 Å². The Morgan fingerprint density at radius 2 is 1.77 bits per heavy atom. The van der Waals surface area contributed by atoms with E-state index >= 15 is 0 Å². The number of benzene rings is 2. The average molecular weight is 582 g/mol. The van der Waals surface area contributed by atoms with Gasteiger partial charge in [0.15, 0.2) is 17.4 Å². The molecule has 14 heteroatoms. The maximum atomic E-state index is 14.8. The van der Waals surface area contributed by atoms with Crippen LogP contribution < -0.4 is 4.90 Å². The number of phenols is 1. The third-order valence-electron chi connectivity index (χ3n) is 6.95. The van der Waals surface area contributed by atoms with E-state index in [2.05, 4.69) is 10.1 Å². The molecule has 1 aliphatic heterocycles. The van der Waals surface area contributed by atoms with Crippen molar-refractivity contribution in [3.8, 4) is 11.4 Å². The topological polar surface area (TPSA) is 91.6 Å². The summed E-state index contributed by atoms with van der Waals surface area (Å²) in [5.41, 5.74) is -1.18. The summed E-state index contributed by atoms with van der Waals surface area (Å²) in [7, 11) is -3.44. The Kier molecular flexibility index (Phi) is 6.94. The average Bonchev–Trinajstić information content (AvgIpc) is 3.22. The monoisotopic (exact) mass is 581 g/mol. The normalized spacial score (nSPS) is 17.1. The number of aromatic nitrogens is 3. The van der Waals surface area contributed by atoms with Crippen LogP contribution in [0.2, 0.25) is 0 Å². The van der Waals surface area contributed by atoms with Crippen LogP contribution in [0, 0.1) is 18.6 Å².